The fraction of sp³-hybridized carbons (Fsp3) is 0.600. The van der Waals surface area contributed by atoms with E-state index in [0.29, 0.717) is 23.5 Å². The Bertz CT molecular complexity index is 1000. The summed E-state index contributed by atoms with van der Waals surface area (Å²) < 4.78 is 5.51. The standard InChI is InChI=1S/C25H34N6O3/c1-17-5-4-6-19(13-17)24(33)26-14-22(32)27-20-15-31(16-20)21-9-7-18(8-10-21)23-28-25(34-29-23)30-11-2-3-12-30/h4-6,13,18,20-21H,2-3,7-12,14-16H2,1H3,(H,26,33)(H,27,32). The molecule has 1 saturated carbocycles. The maximum atomic E-state index is 12.3. The van der Waals surface area contributed by atoms with Gasteiger partial charge in [0.05, 0.1) is 12.6 Å². The number of carbonyl (C=O) groups excluding carboxylic acids is 2. The first-order chi connectivity index (χ1) is 16.5. The molecule has 2 aliphatic heterocycles. The number of nitrogens with zero attached hydrogens (tertiary/aromatic N) is 4. The van der Waals surface area contributed by atoms with Crippen LogP contribution in [-0.4, -0.2) is 71.7 Å². The molecule has 1 aliphatic carbocycles. The highest BCUT2D eigenvalue weighted by Crippen LogP contribution is 2.35. The van der Waals surface area contributed by atoms with Crippen LogP contribution in [0, 0.1) is 6.92 Å². The van der Waals surface area contributed by atoms with Crippen LogP contribution in [-0.2, 0) is 4.79 Å². The Kier molecular flexibility index (Phi) is 6.80. The third kappa shape index (κ3) is 5.24. The van der Waals surface area contributed by atoms with Gasteiger partial charge in [-0.3, -0.25) is 14.5 Å². The molecule has 5 rings (SSSR count). The highest BCUT2D eigenvalue weighted by Gasteiger charge is 2.36. The number of hydrogen-bond acceptors (Lipinski definition) is 7. The third-order valence-electron chi connectivity index (χ3n) is 7.35. The maximum Gasteiger partial charge on any atom is 0.324 e. The molecule has 3 aliphatic rings. The van der Waals surface area contributed by atoms with E-state index in [0.717, 1.165) is 63.3 Å². The topological polar surface area (TPSA) is 104 Å². The molecule has 0 bridgehead atoms. The fourth-order valence-corrected chi connectivity index (χ4v) is 5.36. The van der Waals surface area contributed by atoms with Gasteiger partial charge in [0, 0.05) is 43.7 Å². The Labute approximate surface area is 200 Å². The van der Waals surface area contributed by atoms with Crippen molar-refractivity contribution in [2.75, 3.05) is 37.6 Å². The van der Waals surface area contributed by atoms with Crippen LogP contribution in [0.15, 0.2) is 28.8 Å². The third-order valence-corrected chi connectivity index (χ3v) is 7.35. The summed E-state index contributed by atoms with van der Waals surface area (Å²) in [7, 11) is 0. The van der Waals surface area contributed by atoms with Gasteiger partial charge >= 0.3 is 6.01 Å². The van der Waals surface area contributed by atoms with Crippen molar-refractivity contribution in [1.29, 1.82) is 0 Å². The molecule has 2 aromatic rings. The lowest BCUT2D eigenvalue weighted by atomic mass is 9.83. The summed E-state index contributed by atoms with van der Waals surface area (Å²) in [4.78, 5) is 33.8. The number of rotatable bonds is 7. The van der Waals surface area contributed by atoms with Gasteiger partial charge in [0.1, 0.15) is 0 Å². The number of aryl methyl sites for hydroxylation is 1. The van der Waals surface area contributed by atoms with Crippen LogP contribution >= 0.6 is 0 Å². The van der Waals surface area contributed by atoms with Crippen molar-refractivity contribution >= 4 is 17.8 Å². The Morgan fingerprint density at radius 2 is 1.88 bits per heavy atom. The lowest BCUT2D eigenvalue weighted by Crippen LogP contribution is -2.63. The smallest absolute Gasteiger partial charge is 0.324 e. The van der Waals surface area contributed by atoms with Gasteiger partial charge in [-0.25, -0.2) is 0 Å². The SMILES string of the molecule is Cc1cccc(C(=O)NCC(=O)NC2CN(C3CCC(c4noc(N5CCCC5)n4)CC3)C2)c1. The molecule has 2 amide bonds. The normalized spacial score (nSPS) is 23.5. The quantitative estimate of drug-likeness (QED) is 0.645. The van der Waals surface area contributed by atoms with Gasteiger partial charge in [0.2, 0.25) is 5.91 Å². The molecule has 9 heteroatoms. The van der Waals surface area contributed by atoms with E-state index in [2.05, 4.69) is 30.6 Å². The highest BCUT2D eigenvalue weighted by molar-refractivity contribution is 5.96. The summed E-state index contributed by atoms with van der Waals surface area (Å²) in [5.41, 5.74) is 1.59. The van der Waals surface area contributed by atoms with Crippen LogP contribution < -0.4 is 15.5 Å². The molecule has 3 fully saturated rings. The molecule has 1 aromatic heterocycles. The van der Waals surface area contributed by atoms with Crippen molar-refractivity contribution in [1.82, 2.24) is 25.7 Å². The van der Waals surface area contributed by atoms with Crippen LogP contribution in [0.3, 0.4) is 0 Å². The summed E-state index contributed by atoms with van der Waals surface area (Å²) in [6.45, 7) is 5.70. The first kappa shape index (κ1) is 22.8. The molecule has 0 atom stereocenters. The number of hydrogen-bond donors (Lipinski definition) is 2. The lowest BCUT2D eigenvalue weighted by molar-refractivity contribution is -0.122. The van der Waals surface area contributed by atoms with E-state index in [4.69, 9.17) is 4.52 Å². The predicted molar refractivity (Wildman–Crippen MR) is 128 cm³/mol. The summed E-state index contributed by atoms with van der Waals surface area (Å²) in [5, 5.41) is 10.0. The molecule has 2 N–H and O–H groups in total. The summed E-state index contributed by atoms with van der Waals surface area (Å²) in [6, 6.07) is 8.74. The molecule has 2 saturated heterocycles. The van der Waals surface area contributed by atoms with E-state index < -0.39 is 0 Å². The number of nitrogens with one attached hydrogen (secondary N) is 2. The van der Waals surface area contributed by atoms with Crippen LogP contribution in [0.25, 0.3) is 0 Å². The average Bonchev–Trinajstić information content (AvgIpc) is 3.52. The minimum atomic E-state index is -0.222. The molecular formula is C25H34N6O3. The summed E-state index contributed by atoms with van der Waals surface area (Å²) in [6.07, 6.45) is 6.77. The van der Waals surface area contributed by atoms with E-state index in [1.807, 2.05) is 25.1 Å². The number of anilines is 1. The zero-order valence-electron chi connectivity index (χ0n) is 19.8. The second-order valence-electron chi connectivity index (χ2n) is 9.91. The molecule has 34 heavy (non-hydrogen) atoms. The monoisotopic (exact) mass is 466 g/mol. The van der Waals surface area contributed by atoms with Crippen LogP contribution in [0.5, 0.6) is 0 Å². The summed E-state index contributed by atoms with van der Waals surface area (Å²) in [5.74, 6) is 0.882. The lowest BCUT2D eigenvalue weighted by Gasteiger charge is -2.46. The van der Waals surface area contributed by atoms with Crippen molar-refractivity contribution < 1.29 is 14.1 Å². The molecule has 182 valence electrons. The zero-order valence-corrected chi connectivity index (χ0v) is 19.8. The Morgan fingerprint density at radius 3 is 2.62 bits per heavy atom. The van der Waals surface area contributed by atoms with Crippen molar-refractivity contribution in [2.45, 2.75) is 63.5 Å². The largest absolute Gasteiger partial charge is 0.349 e. The first-order valence-corrected chi connectivity index (χ1v) is 12.5. The number of carbonyl (C=O) groups is 2. The summed E-state index contributed by atoms with van der Waals surface area (Å²) >= 11 is 0. The maximum absolute atomic E-state index is 12.3. The van der Waals surface area contributed by atoms with Crippen molar-refractivity contribution in [2.24, 2.45) is 0 Å². The van der Waals surface area contributed by atoms with Gasteiger partial charge in [0.15, 0.2) is 5.82 Å². The highest BCUT2D eigenvalue weighted by atomic mass is 16.5. The van der Waals surface area contributed by atoms with Gasteiger partial charge in [-0.05, 0) is 57.6 Å². The minimum Gasteiger partial charge on any atom is -0.349 e. The molecular weight excluding hydrogens is 432 g/mol. The number of likely N-dealkylation sites (tertiary alicyclic amines) is 1. The fourth-order valence-electron chi connectivity index (χ4n) is 5.36. The Hall–Kier alpha value is -2.94. The van der Waals surface area contributed by atoms with Gasteiger partial charge in [-0.15, -0.1) is 0 Å². The molecule has 0 spiro atoms. The van der Waals surface area contributed by atoms with E-state index >= 15 is 0 Å². The van der Waals surface area contributed by atoms with Crippen molar-refractivity contribution in [3.05, 3.63) is 41.2 Å². The van der Waals surface area contributed by atoms with Gasteiger partial charge in [-0.2, -0.15) is 4.98 Å². The average molecular weight is 467 g/mol. The van der Waals surface area contributed by atoms with Gasteiger partial charge < -0.3 is 20.1 Å². The first-order valence-electron chi connectivity index (χ1n) is 12.5. The molecule has 0 unspecified atom stereocenters. The Morgan fingerprint density at radius 1 is 1.12 bits per heavy atom. The van der Waals surface area contributed by atoms with Gasteiger partial charge in [-0.1, -0.05) is 22.9 Å². The van der Waals surface area contributed by atoms with E-state index in [-0.39, 0.29) is 24.4 Å². The number of benzene rings is 1. The molecule has 3 heterocycles. The zero-order chi connectivity index (χ0) is 23.5. The van der Waals surface area contributed by atoms with E-state index in [9.17, 15) is 9.59 Å². The predicted octanol–water partition coefficient (Wildman–Crippen LogP) is 2.23. The van der Waals surface area contributed by atoms with E-state index in [1.54, 1.807) is 6.07 Å². The van der Waals surface area contributed by atoms with Crippen LogP contribution in [0.1, 0.15) is 66.2 Å². The second kappa shape index (κ2) is 10.1. The minimum absolute atomic E-state index is 0.00149. The number of aromatic nitrogens is 2. The molecule has 1 aromatic carbocycles. The van der Waals surface area contributed by atoms with Crippen LogP contribution in [0.2, 0.25) is 0 Å². The van der Waals surface area contributed by atoms with Gasteiger partial charge in [0.25, 0.3) is 5.91 Å². The van der Waals surface area contributed by atoms with E-state index in [1.165, 1.54) is 12.8 Å². The van der Waals surface area contributed by atoms with Crippen molar-refractivity contribution in [3.8, 4) is 0 Å². The number of amides is 2. The molecule has 9 nitrogen and oxygen atoms in total. The van der Waals surface area contributed by atoms with Crippen molar-refractivity contribution in [3.63, 3.8) is 0 Å². The van der Waals surface area contributed by atoms with Crippen LogP contribution in [0.4, 0.5) is 6.01 Å². The second-order valence-corrected chi connectivity index (χ2v) is 9.91. The Balaban J connectivity index is 0.998. The molecule has 0 radical (unpaired) electrons.